The molecule has 2 atom stereocenters. The lowest BCUT2D eigenvalue weighted by Crippen LogP contribution is -2.54. The van der Waals surface area contributed by atoms with Crippen LogP contribution in [0.4, 0.5) is 0 Å². The Kier molecular flexibility index (Phi) is 26.0. The number of amides is 9. The molecule has 13 N–H and O–H groups in total. The van der Waals surface area contributed by atoms with E-state index in [1.807, 2.05) is 0 Å². The summed E-state index contributed by atoms with van der Waals surface area (Å²) in [4.78, 5) is 152. The third-order valence-corrected chi connectivity index (χ3v) is 10.2. The fourth-order valence-corrected chi connectivity index (χ4v) is 6.65. The molecule has 0 bridgehead atoms. The number of carboxylic acids is 3. The van der Waals surface area contributed by atoms with E-state index in [0.29, 0.717) is 19.4 Å². The molecule has 9 amide bonds. The summed E-state index contributed by atoms with van der Waals surface area (Å²) in [5, 5.41) is 65.1. The predicted molar refractivity (Wildman–Crippen MR) is 232 cm³/mol. The minimum absolute atomic E-state index is 0.171. The molecule has 2 rings (SSSR count). The maximum atomic E-state index is 12.8. The van der Waals surface area contributed by atoms with Crippen molar-refractivity contribution in [2.24, 2.45) is 0 Å². The van der Waals surface area contributed by atoms with Crippen LogP contribution in [0, 0.1) is 0 Å². The van der Waals surface area contributed by atoms with E-state index in [0.717, 1.165) is 0 Å². The Labute approximate surface area is 390 Å². The third kappa shape index (κ3) is 24.8. The van der Waals surface area contributed by atoms with Gasteiger partial charge in [0.05, 0.1) is 77.9 Å². The lowest BCUT2D eigenvalue weighted by atomic mass is 9.78. The van der Waals surface area contributed by atoms with E-state index in [9.17, 15) is 82.9 Å². The quantitative estimate of drug-likeness (QED) is 0.0378. The topological polar surface area (TPSA) is 418 Å². The van der Waals surface area contributed by atoms with Crippen LogP contribution in [0.1, 0.15) is 19.8 Å². The standard InChI is InChI=1S/C37H62BN13O17/c1-24(37(66)51-4-2-3-25(51)38(67)68)46-32(58)19-44-30(56)17-42-28(54)15-40-26(52)13-39-27(53)14-41-29(55)16-43-31(57)18-45-33(59)20-47-5-7-48(21-34(60)61)9-11-50(23-36(64)65)12-10-49(8-6-47)22-35(62)63/h24-25,67-68H,2-23H2,1H3,(H,39,53)(H,40,52)(H,41,55)(H,42,54)(H,43,57)(H,44,56)(H,45,59)(H,46,58)(H,60,61)(H,62,63)(H,64,65)/t24-,25+/m1/s1. The molecule has 31 heteroatoms. The van der Waals surface area contributed by atoms with Crippen LogP contribution in [-0.4, -0.2) is 271 Å². The molecule has 380 valence electrons. The van der Waals surface area contributed by atoms with Crippen molar-refractivity contribution in [3.05, 3.63) is 0 Å². The van der Waals surface area contributed by atoms with E-state index in [-0.39, 0.29) is 78.5 Å². The molecular weight excluding hydrogens is 909 g/mol. The van der Waals surface area contributed by atoms with Crippen LogP contribution in [0.5, 0.6) is 0 Å². The van der Waals surface area contributed by atoms with Gasteiger partial charge in [0.1, 0.15) is 6.04 Å². The minimum atomic E-state index is -1.72. The molecule has 2 aliphatic heterocycles. The zero-order valence-corrected chi connectivity index (χ0v) is 37.7. The van der Waals surface area contributed by atoms with Crippen molar-refractivity contribution in [3.63, 3.8) is 0 Å². The highest BCUT2D eigenvalue weighted by Gasteiger charge is 2.38. The molecule has 0 aromatic heterocycles. The molecule has 0 aromatic rings. The van der Waals surface area contributed by atoms with Crippen LogP contribution >= 0.6 is 0 Å². The Bertz CT molecular complexity index is 1780. The van der Waals surface area contributed by atoms with Crippen LogP contribution in [0.3, 0.4) is 0 Å². The number of hydrogen-bond donors (Lipinski definition) is 13. The first-order chi connectivity index (χ1) is 32.1. The van der Waals surface area contributed by atoms with Gasteiger partial charge >= 0.3 is 25.0 Å². The molecule has 0 aromatic carbocycles. The zero-order chi connectivity index (χ0) is 50.8. The molecular formula is C37H62BN13O17. The van der Waals surface area contributed by atoms with Gasteiger partial charge in [-0.05, 0) is 19.8 Å². The van der Waals surface area contributed by atoms with Crippen LogP contribution in [-0.2, 0) is 57.5 Å². The largest absolute Gasteiger partial charge is 0.480 e. The van der Waals surface area contributed by atoms with Crippen LogP contribution in [0.25, 0.3) is 0 Å². The average Bonchev–Trinajstić information content (AvgIpc) is 3.77. The van der Waals surface area contributed by atoms with E-state index in [1.54, 1.807) is 19.6 Å². The molecule has 2 aliphatic rings. The molecule has 0 saturated carbocycles. The highest BCUT2D eigenvalue weighted by atomic mass is 16.4. The Morgan fingerprint density at radius 2 is 0.721 bits per heavy atom. The van der Waals surface area contributed by atoms with Gasteiger partial charge in [-0.2, -0.15) is 0 Å². The number of aliphatic carboxylic acids is 3. The van der Waals surface area contributed by atoms with E-state index < -0.39 is 136 Å². The van der Waals surface area contributed by atoms with E-state index in [1.165, 1.54) is 11.8 Å². The summed E-state index contributed by atoms with van der Waals surface area (Å²) in [6, 6.07) is -1.01. The van der Waals surface area contributed by atoms with Gasteiger partial charge in [-0.15, -0.1) is 0 Å². The number of carbonyl (C=O) groups excluding carboxylic acids is 9. The van der Waals surface area contributed by atoms with Crippen molar-refractivity contribution in [1.82, 2.24) is 67.0 Å². The molecule has 0 aliphatic carbocycles. The number of rotatable bonds is 25. The molecule has 0 spiro atoms. The Morgan fingerprint density at radius 3 is 1.01 bits per heavy atom. The SMILES string of the molecule is C[C@@H](NC(=O)CNC(=O)CNC(=O)CNC(=O)CNC(=O)CNC(=O)CNC(=O)CNC(=O)CN1CCN(CC(=O)O)CCN(CC(=O)O)CCN(CC(=O)O)CC1)C(=O)N1CCC[C@H]1B(O)O. The Balaban J connectivity index is 1.64. The number of hydrogen-bond acceptors (Lipinski definition) is 18. The molecule has 30 nitrogen and oxygen atoms in total. The first-order valence-electron chi connectivity index (χ1n) is 21.5. The van der Waals surface area contributed by atoms with E-state index in [2.05, 4.69) is 42.5 Å². The van der Waals surface area contributed by atoms with Crippen LogP contribution < -0.4 is 42.5 Å². The summed E-state index contributed by atoms with van der Waals surface area (Å²) < 4.78 is 0. The minimum Gasteiger partial charge on any atom is -0.480 e. The van der Waals surface area contributed by atoms with Crippen molar-refractivity contribution < 1.29 is 82.9 Å². The molecule has 0 radical (unpaired) electrons. The molecule has 2 heterocycles. The van der Waals surface area contributed by atoms with Crippen molar-refractivity contribution >= 4 is 78.2 Å². The second-order valence-corrected chi connectivity index (χ2v) is 15.7. The zero-order valence-electron chi connectivity index (χ0n) is 37.7. The van der Waals surface area contributed by atoms with Crippen molar-refractivity contribution in [1.29, 1.82) is 0 Å². The lowest BCUT2D eigenvalue weighted by molar-refractivity contribution is -0.140. The second kappa shape index (κ2) is 30.7. The van der Waals surface area contributed by atoms with Crippen LogP contribution in [0.15, 0.2) is 0 Å². The predicted octanol–water partition coefficient (Wildman–Crippen LogP) is -10.2. The molecule has 0 unspecified atom stereocenters. The first kappa shape index (κ1) is 57.6. The fourth-order valence-electron chi connectivity index (χ4n) is 6.65. The van der Waals surface area contributed by atoms with Gasteiger partial charge in [0, 0.05) is 58.9 Å². The summed E-state index contributed by atoms with van der Waals surface area (Å²) in [6.45, 7) is -2.14. The van der Waals surface area contributed by atoms with Gasteiger partial charge in [0.2, 0.25) is 53.2 Å². The summed E-state index contributed by atoms with van der Waals surface area (Å²) >= 11 is 0. The number of carboxylic acid groups (broad SMARTS) is 3. The van der Waals surface area contributed by atoms with Crippen molar-refractivity contribution in [3.8, 4) is 0 Å². The highest BCUT2D eigenvalue weighted by Crippen LogP contribution is 2.19. The van der Waals surface area contributed by atoms with Gasteiger partial charge in [0.25, 0.3) is 0 Å². The third-order valence-electron chi connectivity index (χ3n) is 10.2. The van der Waals surface area contributed by atoms with Gasteiger partial charge in [0.15, 0.2) is 0 Å². The van der Waals surface area contributed by atoms with E-state index in [4.69, 9.17) is 0 Å². The first-order valence-corrected chi connectivity index (χ1v) is 21.5. The summed E-state index contributed by atoms with van der Waals surface area (Å²) in [6.07, 6.45) is 0.961. The van der Waals surface area contributed by atoms with Crippen LogP contribution in [0.2, 0.25) is 0 Å². The fraction of sp³-hybridized carbons (Fsp3) is 0.676. The van der Waals surface area contributed by atoms with E-state index >= 15 is 0 Å². The maximum Gasteiger partial charge on any atom is 0.475 e. The summed E-state index contributed by atoms with van der Waals surface area (Å²) in [7, 11) is -1.72. The number of likely N-dealkylation sites (tertiary alicyclic amines) is 1. The lowest BCUT2D eigenvalue weighted by Gasteiger charge is -2.32. The maximum absolute atomic E-state index is 12.8. The van der Waals surface area contributed by atoms with Crippen molar-refractivity contribution in [2.45, 2.75) is 31.7 Å². The summed E-state index contributed by atoms with van der Waals surface area (Å²) in [5.74, 6) is -10.7. The summed E-state index contributed by atoms with van der Waals surface area (Å²) in [5.41, 5.74) is 0. The smallest absolute Gasteiger partial charge is 0.475 e. The number of nitrogens with one attached hydrogen (secondary N) is 8. The molecule has 2 fully saturated rings. The molecule has 2 saturated heterocycles. The van der Waals surface area contributed by atoms with Crippen molar-refractivity contribution in [2.75, 3.05) is 131 Å². The van der Waals surface area contributed by atoms with Gasteiger partial charge in [-0.1, -0.05) is 0 Å². The Morgan fingerprint density at radius 1 is 0.441 bits per heavy atom. The molecule has 68 heavy (non-hydrogen) atoms. The number of carbonyl (C=O) groups is 12. The van der Waals surface area contributed by atoms with Gasteiger partial charge in [-0.25, -0.2) is 0 Å². The second-order valence-electron chi connectivity index (χ2n) is 15.7. The highest BCUT2D eigenvalue weighted by molar-refractivity contribution is 6.43. The average molecular weight is 972 g/mol. The van der Waals surface area contributed by atoms with Gasteiger partial charge < -0.3 is 72.8 Å². The monoisotopic (exact) mass is 971 g/mol. The van der Waals surface area contributed by atoms with Gasteiger partial charge in [-0.3, -0.25) is 77.1 Å². The normalized spacial score (nSPS) is 16.9. The number of nitrogens with zero attached hydrogens (tertiary/aromatic N) is 5. The Hall–Kier alpha value is -6.54.